The van der Waals surface area contributed by atoms with Gasteiger partial charge in [0.15, 0.2) is 5.82 Å². The molecule has 10 heteroatoms. The number of anilines is 1. The normalized spacial score (nSPS) is 27.6. The molecule has 1 N–H and O–H groups in total. The fourth-order valence-corrected chi connectivity index (χ4v) is 5.95. The van der Waals surface area contributed by atoms with E-state index < -0.39 is 17.3 Å². The van der Waals surface area contributed by atoms with Crippen LogP contribution in [0.5, 0.6) is 0 Å². The molecule has 10 nitrogen and oxygen atoms in total. The van der Waals surface area contributed by atoms with Crippen molar-refractivity contribution >= 4 is 22.9 Å². The van der Waals surface area contributed by atoms with Gasteiger partial charge in [0.2, 0.25) is 0 Å². The van der Waals surface area contributed by atoms with Crippen LogP contribution in [-0.2, 0) is 21.6 Å². The van der Waals surface area contributed by atoms with Gasteiger partial charge in [0, 0.05) is 12.0 Å². The largest absolute Gasteiger partial charge is 0.441 e. The predicted octanol–water partition coefficient (Wildman–Crippen LogP) is 4.06. The van der Waals surface area contributed by atoms with Crippen LogP contribution in [0.25, 0.3) is 11.0 Å². The first-order chi connectivity index (χ1) is 18.1. The first-order valence-electron chi connectivity index (χ1n) is 13.1. The van der Waals surface area contributed by atoms with Crippen LogP contribution in [0.3, 0.4) is 0 Å². The highest BCUT2D eigenvalue weighted by Crippen LogP contribution is 2.50. The van der Waals surface area contributed by atoms with E-state index in [2.05, 4.69) is 32.5 Å². The van der Waals surface area contributed by atoms with Gasteiger partial charge < -0.3 is 19.1 Å². The van der Waals surface area contributed by atoms with Gasteiger partial charge in [-0.05, 0) is 64.2 Å². The number of amides is 1. The van der Waals surface area contributed by atoms with Crippen molar-refractivity contribution in [3.63, 3.8) is 0 Å². The van der Waals surface area contributed by atoms with Crippen LogP contribution >= 0.6 is 0 Å². The molecular formula is C28H32N6O4. The molecule has 0 radical (unpaired) electrons. The highest BCUT2D eigenvalue weighted by atomic mass is 16.6. The third kappa shape index (κ3) is 4.50. The summed E-state index contributed by atoms with van der Waals surface area (Å²) in [7, 11) is 0. The van der Waals surface area contributed by atoms with E-state index in [9.17, 15) is 15.2 Å². The highest BCUT2D eigenvalue weighted by Gasteiger charge is 2.56. The van der Waals surface area contributed by atoms with Gasteiger partial charge in [-0.2, -0.15) is 5.26 Å². The summed E-state index contributed by atoms with van der Waals surface area (Å²) in [5, 5.41) is 19.6. The molecule has 1 aliphatic heterocycles. The molecule has 198 valence electrons. The molecule has 1 spiro atoms. The second kappa shape index (κ2) is 8.75. The van der Waals surface area contributed by atoms with E-state index in [1.54, 1.807) is 19.9 Å². The Labute approximate surface area is 221 Å². The number of benzene rings is 1. The van der Waals surface area contributed by atoms with Crippen LogP contribution in [-0.4, -0.2) is 55.1 Å². The molecule has 1 aromatic carbocycles. The molecule has 3 aromatic rings. The number of rotatable bonds is 6. The zero-order valence-electron chi connectivity index (χ0n) is 21.9. The molecule has 2 saturated carbocycles. The quantitative estimate of drug-likeness (QED) is 0.520. The minimum absolute atomic E-state index is 0.0100. The molecule has 2 aromatic heterocycles. The predicted molar refractivity (Wildman–Crippen MR) is 138 cm³/mol. The average Bonchev–Trinajstić information content (AvgIpc) is 3.54. The number of imidazole rings is 1. The van der Waals surface area contributed by atoms with Crippen LogP contribution < -0.4 is 4.90 Å². The maximum absolute atomic E-state index is 13.1. The van der Waals surface area contributed by atoms with Gasteiger partial charge in [0.25, 0.3) is 0 Å². The Morgan fingerprint density at radius 3 is 2.74 bits per heavy atom. The number of carbonyl (C=O) groups excluding carboxylic acids is 1. The Kier molecular flexibility index (Phi) is 5.70. The number of hydrogen-bond donors (Lipinski definition) is 1. The molecule has 3 atom stereocenters. The Bertz CT molecular complexity index is 1420. The fraction of sp³-hybridized carbons (Fsp3) is 0.536. The molecule has 2 aliphatic carbocycles. The van der Waals surface area contributed by atoms with E-state index in [1.807, 2.05) is 18.5 Å². The fourth-order valence-electron chi connectivity index (χ4n) is 5.95. The first-order valence-corrected chi connectivity index (χ1v) is 13.1. The Hall–Kier alpha value is -3.55. The number of nitrogens with zero attached hydrogens (tertiary/aromatic N) is 6. The topological polar surface area (TPSA) is 126 Å². The van der Waals surface area contributed by atoms with Gasteiger partial charge in [-0.25, -0.2) is 14.8 Å². The number of hydrogen-bond acceptors (Lipinski definition) is 8. The van der Waals surface area contributed by atoms with Crippen molar-refractivity contribution in [2.24, 2.45) is 5.41 Å². The molecule has 6 rings (SSSR count). The minimum Gasteiger partial charge on any atom is -0.441 e. The maximum atomic E-state index is 13.1. The SMILES string of the molecule is CC(C)(O)c1cnc(N2C[C@@]3(CCC(OC4CC4)[C@](C)(Cn4cnc5ccc(C#N)cc54)C3)OC2=O)cn1. The lowest BCUT2D eigenvalue weighted by Gasteiger charge is -2.48. The third-order valence-electron chi connectivity index (χ3n) is 8.04. The second-order valence-electron chi connectivity index (χ2n) is 11.8. The van der Waals surface area contributed by atoms with Crippen molar-refractivity contribution < 1.29 is 19.4 Å². The monoisotopic (exact) mass is 516 g/mol. The lowest BCUT2D eigenvalue weighted by Crippen LogP contribution is -2.52. The second-order valence-corrected chi connectivity index (χ2v) is 11.8. The summed E-state index contributed by atoms with van der Waals surface area (Å²) in [4.78, 5) is 27.9. The van der Waals surface area contributed by atoms with Gasteiger partial charge >= 0.3 is 6.09 Å². The molecular weight excluding hydrogens is 484 g/mol. The maximum Gasteiger partial charge on any atom is 0.416 e. The summed E-state index contributed by atoms with van der Waals surface area (Å²) in [6, 6.07) is 7.73. The van der Waals surface area contributed by atoms with Crippen molar-refractivity contribution in [3.05, 3.63) is 48.2 Å². The van der Waals surface area contributed by atoms with Gasteiger partial charge in [0.1, 0.15) is 11.2 Å². The summed E-state index contributed by atoms with van der Waals surface area (Å²) < 4.78 is 14.7. The zero-order chi connectivity index (χ0) is 26.7. The molecule has 38 heavy (non-hydrogen) atoms. The number of carbonyl (C=O) groups is 1. The van der Waals surface area contributed by atoms with Crippen molar-refractivity contribution in [2.45, 2.75) is 82.8 Å². The van der Waals surface area contributed by atoms with Crippen molar-refractivity contribution in [1.82, 2.24) is 19.5 Å². The van der Waals surface area contributed by atoms with Gasteiger partial charge in [-0.15, -0.1) is 0 Å². The highest BCUT2D eigenvalue weighted by molar-refractivity contribution is 5.89. The van der Waals surface area contributed by atoms with Crippen molar-refractivity contribution in [2.75, 3.05) is 11.4 Å². The molecule has 0 bridgehead atoms. The molecule has 3 aliphatic rings. The van der Waals surface area contributed by atoms with E-state index in [-0.39, 0.29) is 11.5 Å². The smallest absolute Gasteiger partial charge is 0.416 e. The average molecular weight is 517 g/mol. The van der Waals surface area contributed by atoms with Crippen LogP contribution in [0.1, 0.15) is 64.1 Å². The number of nitriles is 1. The summed E-state index contributed by atoms with van der Waals surface area (Å²) in [5.74, 6) is 0.405. The number of aromatic nitrogens is 4. The van der Waals surface area contributed by atoms with Crippen LogP contribution in [0.15, 0.2) is 36.9 Å². The summed E-state index contributed by atoms with van der Waals surface area (Å²) in [6.07, 6.45) is 8.95. The Morgan fingerprint density at radius 1 is 1.24 bits per heavy atom. The van der Waals surface area contributed by atoms with E-state index in [4.69, 9.17) is 9.47 Å². The molecule has 3 fully saturated rings. The van der Waals surface area contributed by atoms with E-state index in [1.165, 1.54) is 17.3 Å². The lowest BCUT2D eigenvalue weighted by molar-refractivity contribution is -0.127. The van der Waals surface area contributed by atoms with Gasteiger partial charge in [-0.3, -0.25) is 9.88 Å². The van der Waals surface area contributed by atoms with Crippen LogP contribution in [0, 0.1) is 16.7 Å². The zero-order valence-corrected chi connectivity index (χ0v) is 21.9. The van der Waals surface area contributed by atoms with Crippen LogP contribution in [0.4, 0.5) is 10.6 Å². The van der Waals surface area contributed by atoms with Gasteiger partial charge in [-0.1, -0.05) is 6.92 Å². The summed E-state index contributed by atoms with van der Waals surface area (Å²) in [6.45, 7) is 6.48. The lowest BCUT2D eigenvalue weighted by atomic mass is 9.66. The van der Waals surface area contributed by atoms with Crippen molar-refractivity contribution in [1.29, 1.82) is 5.26 Å². The number of fused-ring (bicyclic) bond motifs is 1. The van der Waals surface area contributed by atoms with E-state index >= 15 is 0 Å². The van der Waals surface area contributed by atoms with E-state index in [0.29, 0.717) is 49.1 Å². The Balaban J connectivity index is 1.28. The Morgan fingerprint density at radius 2 is 2.05 bits per heavy atom. The molecule has 3 heterocycles. The molecule has 1 amide bonds. The summed E-state index contributed by atoms with van der Waals surface area (Å²) in [5.41, 5.74) is 0.620. The van der Waals surface area contributed by atoms with Gasteiger partial charge in [0.05, 0.1) is 65.8 Å². The minimum atomic E-state index is -1.12. The van der Waals surface area contributed by atoms with Crippen molar-refractivity contribution in [3.8, 4) is 6.07 Å². The number of ether oxygens (including phenoxy) is 2. The van der Waals surface area contributed by atoms with Crippen LogP contribution in [0.2, 0.25) is 0 Å². The molecule has 1 unspecified atom stereocenters. The van der Waals surface area contributed by atoms with E-state index in [0.717, 1.165) is 30.3 Å². The molecule has 1 saturated heterocycles. The third-order valence-corrected chi connectivity index (χ3v) is 8.04. The summed E-state index contributed by atoms with van der Waals surface area (Å²) >= 11 is 0. The standard InChI is InChI=1S/C28H32N6O4/c1-26(2,36)22-12-31-24(13-30-22)34-16-28(38-25(34)35)9-8-23(37-19-5-6-19)27(3,14-28)15-33-17-32-20-7-4-18(11-29)10-21(20)33/h4,7,10,12-13,17,19,23,36H,5-6,8-9,14-16H2,1-3H3/t23?,27-,28-/m0/s1. The first kappa shape index (κ1) is 24.8. The number of aliphatic hydroxyl groups is 1.